The Balaban J connectivity index is 2.46. The number of carbonyl (C=O) groups is 2. The van der Waals surface area contributed by atoms with Crippen LogP contribution in [0.15, 0.2) is 18.2 Å². The fourth-order valence-electron chi connectivity index (χ4n) is 1.95. The lowest BCUT2D eigenvalue weighted by Crippen LogP contribution is -2.46. The van der Waals surface area contributed by atoms with Crippen LogP contribution in [0, 0.1) is 5.82 Å². The van der Waals surface area contributed by atoms with E-state index in [1.54, 1.807) is 18.0 Å². The number of amides is 3. The quantitative estimate of drug-likeness (QED) is 0.803. The summed E-state index contributed by atoms with van der Waals surface area (Å²) < 4.78 is 18.5. The van der Waals surface area contributed by atoms with E-state index in [9.17, 15) is 14.0 Å². The van der Waals surface area contributed by atoms with Crippen LogP contribution < -0.4 is 15.4 Å². The van der Waals surface area contributed by atoms with Gasteiger partial charge in [-0.2, -0.15) is 0 Å². The molecule has 1 atom stereocenters. The highest BCUT2D eigenvalue weighted by Gasteiger charge is 2.13. The van der Waals surface area contributed by atoms with E-state index in [4.69, 9.17) is 4.74 Å². The van der Waals surface area contributed by atoms with Gasteiger partial charge in [-0.1, -0.05) is 13.0 Å². The summed E-state index contributed by atoms with van der Waals surface area (Å²) in [5.41, 5.74) is 0.711. The van der Waals surface area contributed by atoms with Crippen LogP contribution in [-0.2, 0) is 11.3 Å². The number of likely N-dealkylation sites (N-methyl/N-ethyl adjacent to an activating group) is 1. The maximum atomic E-state index is 13.6. The molecule has 0 aliphatic rings. The summed E-state index contributed by atoms with van der Waals surface area (Å²) in [5.74, 6) is -0.686. The maximum Gasteiger partial charge on any atom is 0.321 e. The first-order valence-electron chi connectivity index (χ1n) is 7.47. The molecule has 128 valence electrons. The van der Waals surface area contributed by atoms with Crippen molar-refractivity contribution < 1.29 is 18.7 Å². The molecule has 23 heavy (non-hydrogen) atoms. The molecule has 7 heteroatoms. The summed E-state index contributed by atoms with van der Waals surface area (Å²) in [5, 5.41) is 4.92. The highest BCUT2D eigenvalue weighted by atomic mass is 19.1. The van der Waals surface area contributed by atoms with Crippen molar-refractivity contribution >= 4 is 11.9 Å². The van der Waals surface area contributed by atoms with Crippen molar-refractivity contribution in [2.45, 2.75) is 32.9 Å². The monoisotopic (exact) mass is 325 g/mol. The topological polar surface area (TPSA) is 70.7 Å². The van der Waals surface area contributed by atoms with E-state index in [-0.39, 0.29) is 18.3 Å². The van der Waals surface area contributed by atoms with Gasteiger partial charge >= 0.3 is 6.03 Å². The minimum absolute atomic E-state index is 0.00260. The number of rotatable bonds is 7. The first-order chi connectivity index (χ1) is 10.8. The van der Waals surface area contributed by atoms with Gasteiger partial charge in [-0.05, 0) is 38.1 Å². The van der Waals surface area contributed by atoms with Crippen molar-refractivity contribution in [2.75, 3.05) is 20.7 Å². The molecule has 6 nitrogen and oxygen atoms in total. The number of hydrogen-bond acceptors (Lipinski definition) is 4. The normalized spacial score (nSPS) is 11.9. The number of carbonyl (C=O) groups excluding carboxylic acids is 2. The lowest BCUT2D eigenvalue weighted by molar-refractivity contribution is -0.121. The molecule has 0 aromatic heterocycles. The van der Waals surface area contributed by atoms with Crippen LogP contribution in [0.5, 0.6) is 5.75 Å². The summed E-state index contributed by atoms with van der Waals surface area (Å²) in [6.07, 6.45) is 0.782. The molecule has 1 aromatic rings. The minimum atomic E-state index is -0.506. The molecule has 1 aromatic carbocycles. The predicted octanol–water partition coefficient (Wildman–Crippen LogP) is 1.89. The Hall–Kier alpha value is -2.15. The Labute approximate surface area is 136 Å². The average Bonchev–Trinajstić information content (AvgIpc) is 2.46. The predicted molar refractivity (Wildman–Crippen MR) is 85.7 cm³/mol. The summed E-state index contributed by atoms with van der Waals surface area (Å²) in [6, 6.07) is 4.13. The molecule has 0 spiro atoms. The fourth-order valence-corrected chi connectivity index (χ4v) is 1.95. The number of nitrogens with zero attached hydrogens (tertiary/aromatic N) is 1. The van der Waals surface area contributed by atoms with Gasteiger partial charge in [-0.3, -0.25) is 15.0 Å². The largest absolute Gasteiger partial charge is 0.494 e. The van der Waals surface area contributed by atoms with Crippen molar-refractivity contribution in [2.24, 2.45) is 0 Å². The van der Waals surface area contributed by atoms with Crippen molar-refractivity contribution in [1.82, 2.24) is 15.5 Å². The SMILES string of the molecule is CC[C@@H](C)NC(=O)NC(=O)CN(C)Cc1ccc(OC)c(F)c1. The third kappa shape index (κ3) is 6.65. The molecule has 3 amide bonds. The maximum absolute atomic E-state index is 13.6. The van der Waals surface area contributed by atoms with Gasteiger partial charge < -0.3 is 10.1 Å². The zero-order chi connectivity index (χ0) is 17.4. The number of nitrogens with one attached hydrogen (secondary N) is 2. The number of methoxy groups -OCH3 is 1. The molecule has 0 unspecified atom stereocenters. The molecule has 0 radical (unpaired) electrons. The Bertz CT molecular complexity index is 551. The summed E-state index contributed by atoms with van der Waals surface area (Å²) in [7, 11) is 3.12. The van der Waals surface area contributed by atoms with Gasteiger partial charge in [-0.15, -0.1) is 0 Å². The van der Waals surface area contributed by atoms with Crippen molar-refractivity contribution in [1.29, 1.82) is 0 Å². The van der Waals surface area contributed by atoms with Gasteiger partial charge in [0.1, 0.15) is 0 Å². The minimum Gasteiger partial charge on any atom is -0.494 e. The molecule has 0 aliphatic heterocycles. The van der Waals surface area contributed by atoms with E-state index < -0.39 is 17.8 Å². The number of imide groups is 1. The van der Waals surface area contributed by atoms with Gasteiger partial charge in [0.2, 0.25) is 5.91 Å². The molecular weight excluding hydrogens is 301 g/mol. The van der Waals surface area contributed by atoms with Gasteiger partial charge in [0.05, 0.1) is 13.7 Å². The van der Waals surface area contributed by atoms with E-state index in [1.165, 1.54) is 19.2 Å². The number of hydrogen-bond donors (Lipinski definition) is 2. The van der Waals surface area contributed by atoms with Crippen LogP contribution in [0.25, 0.3) is 0 Å². The molecule has 0 bridgehead atoms. The second-order valence-corrected chi connectivity index (χ2v) is 5.47. The molecule has 0 aliphatic carbocycles. The van der Waals surface area contributed by atoms with Crippen LogP contribution in [0.4, 0.5) is 9.18 Å². The van der Waals surface area contributed by atoms with Crippen molar-refractivity contribution in [3.05, 3.63) is 29.6 Å². The van der Waals surface area contributed by atoms with Crippen molar-refractivity contribution in [3.8, 4) is 5.75 Å². The lowest BCUT2D eigenvalue weighted by atomic mass is 10.2. The third-order valence-corrected chi connectivity index (χ3v) is 3.33. The van der Waals surface area contributed by atoms with Crippen LogP contribution in [0.1, 0.15) is 25.8 Å². The zero-order valence-electron chi connectivity index (χ0n) is 14.0. The van der Waals surface area contributed by atoms with Crippen LogP contribution in [0.2, 0.25) is 0 Å². The van der Waals surface area contributed by atoms with E-state index in [2.05, 4.69) is 10.6 Å². The molecule has 0 fully saturated rings. The molecule has 2 N–H and O–H groups in total. The Kier molecular flexibility index (Phi) is 7.47. The molecular formula is C16H24FN3O3. The Morgan fingerprint density at radius 2 is 2.09 bits per heavy atom. The summed E-state index contributed by atoms with van der Waals surface area (Å²) in [6.45, 7) is 4.20. The Morgan fingerprint density at radius 3 is 2.65 bits per heavy atom. The highest BCUT2D eigenvalue weighted by molar-refractivity contribution is 5.95. The molecule has 0 saturated heterocycles. The van der Waals surface area contributed by atoms with Crippen LogP contribution >= 0.6 is 0 Å². The van der Waals surface area contributed by atoms with Gasteiger partial charge in [0.15, 0.2) is 11.6 Å². The third-order valence-electron chi connectivity index (χ3n) is 3.33. The highest BCUT2D eigenvalue weighted by Crippen LogP contribution is 2.18. The van der Waals surface area contributed by atoms with E-state index in [0.717, 1.165) is 6.42 Å². The fraction of sp³-hybridized carbons (Fsp3) is 0.500. The second-order valence-electron chi connectivity index (χ2n) is 5.47. The van der Waals surface area contributed by atoms with E-state index in [1.807, 2.05) is 13.8 Å². The molecule has 0 heterocycles. The summed E-state index contributed by atoms with van der Waals surface area (Å²) >= 11 is 0. The lowest BCUT2D eigenvalue weighted by Gasteiger charge is -2.17. The van der Waals surface area contributed by atoms with E-state index in [0.29, 0.717) is 12.1 Å². The average molecular weight is 325 g/mol. The molecule has 1 rings (SSSR count). The second kappa shape index (κ2) is 9.09. The van der Waals surface area contributed by atoms with Crippen LogP contribution in [-0.4, -0.2) is 43.6 Å². The Morgan fingerprint density at radius 1 is 1.39 bits per heavy atom. The number of ether oxygens (including phenoxy) is 1. The standard InChI is InChI=1S/C16H24FN3O3/c1-5-11(2)18-16(22)19-15(21)10-20(3)9-12-6-7-14(23-4)13(17)8-12/h6-8,11H,5,9-10H2,1-4H3,(H2,18,19,21,22)/t11-/m1/s1. The van der Waals surface area contributed by atoms with Gasteiger partial charge in [-0.25, -0.2) is 9.18 Å². The number of halogens is 1. The molecule has 0 saturated carbocycles. The number of benzene rings is 1. The van der Waals surface area contributed by atoms with Gasteiger partial charge in [0, 0.05) is 12.6 Å². The smallest absolute Gasteiger partial charge is 0.321 e. The van der Waals surface area contributed by atoms with Crippen LogP contribution in [0.3, 0.4) is 0 Å². The van der Waals surface area contributed by atoms with Crippen molar-refractivity contribution in [3.63, 3.8) is 0 Å². The zero-order valence-corrected chi connectivity index (χ0v) is 14.0. The summed E-state index contributed by atoms with van der Waals surface area (Å²) in [4.78, 5) is 25.0. The first kappa shape index (κ1) is 18.9. The first-order valence-corrected chi connectivity index (χ1v) is 7.47. The number of urea groups is 1. The van der Waals surface area contributed by atoms with Gasteiger partial charge in [0.25, 0.3) is 0 Å². The van der Waals surface area contributed by atoms with E-state index >= 15 is 0 Å².